The van der Waals surface area contributed by atoms with Gasteiger partial charge in [0.05, 0.1) is 35.2 Å². The lowest BCUT2D eigenvalue weighted by Gasteiger charge is -2.37. The van der Waals surface area contributed by atoms with Gasteiger partial charge in [0.2, 0.25) is 5.91 Å². The van der Waals surface area contributed by atoms with Crippen LogP contribution in [-0.4, -0.2) is 60.2 Å². The molecule has 1 atom stereocenters. The number of rotatable bonds is 3. The Morgan fingerprint density at radius 2 is 2.00 bits per heavy atom. The monoisotopic (exact) mass is 442 g/mol. The SMILES string of the molecule is O=C([C@@H]1CCCN(c2ccc(Cl)c(-c3nc4ccc(F)cc4[nH]3)c2)C1)N1CCOCC1. The maximum absolute atomic E-state index is 13.6. The van der Waals surface area contributed by atoms with Gasteiger partial charge in [0, 0.05) is 37.4 Å². The van der Waals surface area contributed by atoms with Gasteiger partial charge in [-0.3, -0.25) is 4.79 Å². The first-order valence-corrected chi connectivity index (χ1v) is 11.0. The second-order valence-corrected chi connectivity index (χ2v) is 8.54. The molecule has 0 unspecified atom stereocenters. The van der Waals surface area contributed by atoms with E-state index in [0.717, 1.165) is 30.6 Å². The summed E-state index contributed by atoms with van der Waals surface area (Å²) in [6.07, 6.45) is 1.87. The summed E-state index contributed by atoms with van der Waals surface area (Å²) in [5.74, 6) is 0.499. The van der Waals surface area contributed by atoms with Crippen molar-refractivity contribution in [2.45, 2.75) is 12.8 Å². The second kappa shape index (κ2) is 8.48. The number of imidazole rings is 1. The topological polar surface area (TPSA) is 61.5 Å². The van der Waals surface area contributed by atoms with E-state index in [9.17, 15) is 9.18 Å². The Balaban J connectivity index is 1.39. The standard InChI is InChI=1S/C23H24ClFN4O2/c24-19-5-4-17(13-18(19)22-26-20-6-3-16(25)12-21(20)27-22)29-7-1-2-15(14-29)23(30)28-8-10-31-11-9-28/h3-6,12-13,15H,1-2,7-11,14H2,(H,26,27)/t15-/m1/s1. The molecule has 0 radical (unpaired) electrons. The Hall–Kier alpha value is -2.64. The van der Waals surface area contributed by atoms with Gasteiger partial charge >= 0.3 is 0 Å². The number of carbonyl (C=O) groups excluding carboxylic acids is 1. The van der Waals surface area contributed by atoms with E-state index >= 15 is 0 Å². The minimum absolute atomic E-state index is 0.0137. The fourth-order valence-corrected chi connectivity index (χ4v) is 4.66. The molecule has 2 aliphatic rings. The Labute approximate surface area is 185 Å². The molecule has 1 N–H and O–H groups in total. The third kappa shape index (κ3) is 4.12. The molecule has 0 saturated carbocycles. The predicted octanol–water partition coefficient (Wildman–Crippen LogP) is 4.10. The van der Waals surface area contributed by atoms with Crippen molar-refractivity contribution in [1.82, 2.24) is 14.9 Å². The van der Waals surface area contributed by atoms with Crippen LogP contribution in [0.1, 0.15) is 12.8 Å². The van der Waals surface area contributed by atoms with Crippen molar-refractivity contribution in [1.29, 1.82) is 0 Å². The van der Waals surface area contributed by atoms with Crippen LogP contribution in [0.4, 0.5) is 10.1 Å². The van der Waals surface area contributed by atoms with Gasteiger partial charge in [-0.15, -0.1) is 0 Å². The first-order valence-electron chi connectivity index (χ1n) is 10.7. The highest BCUT2D eigenvalue weighted by Gasteiger charge is 2.30. The average molecular weight is 443 g/mol. The Morgan fingerprint density at radius 3 is 2.84 bits per heavy atom. The van der Waals surface area contributed by atoms with E-state index in [1.807, 2.05) is 23.1 Å². The number of carbonyl (C=O) groups is 1. The number of halogens is 2. The van der Waals surface area contributed by atoms with E-state index in [-0.39, 0.29) is 17.6 Å². The van der Waals surface area contributed by atoms with Gasteiger partial charge in [-0.05, 0) is 49.2 Å². The highest BCUT2D eigenvalue weighted by molar-refractivity contribution is 6.33. The summed E-state index contributed by atoms with van der Waals surface area (Å²) in [4.78, 5) is 24.9. The molecule has 0 aliphatic carbocycles. The third-order valence-electron chi connectivity index (χ3n) is 6.11. The van der Waals surface area contributed by atoms with E-state index in [1.165, 1.54) is 12.1 Å². The number of ether oxygens (including phenoxy) is 1. The molecule has 2 saturated heterocycles. The molecule has 2 fully saturated rings. The quantitative estimate of drug-likeness (QED) is 0.663. The van der Waals surface area contributed by atoms with Crippen molar-refractivity contribution >= 4 is 34.2 Å². The summed E-state index contributed by atoms with van der Waals surface area (Å²) in [5.41, 5.74) is 3.08. The molecule has 1 aromatic heterocycles. The Kier molecular flexibility index (Phi) is 5.54. The normalized spacial score (nSPS) is 19.7. The largest absolute Gasteiger partial charge is 0.378 e. The number of anilines is 1. The molecular weight excluding hydrogens is 419 g/mol. The van der Waals surface area contributed by atoms with E-state index < -0.39 is 0 Å². The lowest BCUT2D eigenvalue weighted by molar-refractivity contribution is -0.139. The van der Waals surface area contributed by atoms with Crippen molar-refractivity contribution in [3.05, 3.63) is 47.2 Å². The number of amides is 1. The van der Waals surface area contributed by atoms with Crippen molar-refractivity contribution in [2.24, 2.45) is 5.92 Å². The van der Waals surface area contributed by atoms with E-state index in [2.05, 4.69) is 14.9 Å². The zero-order valence-corrected chi connectivity index (χ0v) is 17.9. The molecule has 31 heavy (non-hydrogen) atoms. The molecule has 0 spiro atoms. The van der Waals surface area contributed by atoms with Crippen LogP contribution in [0.2, 0.25) is 5.02 Å². The fraction of sp³-hybridized carbons (Fsp3) is 0.391. The number of fused-ring (bicyclic) bond motifs is 1. The Bertz CT molecular complexity index is 1110. The van der Waals surface area contributed by atoms with Crippen LogP contribution in [0.3, 0.4) is 0 Å². The van der Waals surface area contributed by atoms with Crippen molar-refractivity contribution in [3.63, 3.8) is 0 Å². The summed E-state index contributed by atoms with van der Waals surface area (Å²) in [7, 11) is 0. The molecule has 2 aromatic carbocycles. The van der Waals surface area contributed by atoms with E-state index in [1.54, 1.807) is 6.07 Å². The van der Waals surface area contributed by atoms with Crippen LogP contribution in [-0.2, 0) is 9.53 Å². The summed E-state index contributed by atoms with van der Waals surface area (Å²) in [6, 6.07) is 10.3. The summed E-state index contributed by atoms with van der Waals surface area (Å²) >= 11 is 6.48. The number of aromatic nitrogens is 2. The first-order chi connectivity index (χ1) is 15.1. The smallest absolute Gasteiger partial charge is 0.227 e. The molecule has 1 amide bonds. The molecule has 6 nitrogen and oxygen atoms in total. The van der Waals surface area contributed by atoms with Gasteiger partial charge in [0.15, 0.2) is 0 Å². The van der Waals surface area contributed by atoms with E-state index in [0.29, 0.717) is 54.7 Å². The number of nitrogens with one attached hydrogen (secondary N) is 1. The molecule has 162 valence electrons. The van der Waals surface area contributed by atoms with Crippen LogP contribution < -0.4 is 4.90 Å². The molecule has 5 rings (SSSR count). The number of nitrogens with zero attached hydrogens (tertiary/aromatic N) is 3. The molecular formula is C23H24ClFN4O2. The minimum Gasteiger partial charge on any atom is -0.378 e. The van der Waals surface area contributed by atoms with Crippen LogP contribution in [0.15, 0.2) is 36.4 Å². The number of hydrogen-bond acceptors (Lipinski definition) is 4. The third-order valence-corrected chi connectivity index (χ3v) is 6.44. The lowest BCUT2D eigenvalue weighted by Crippen LogP contribution is -2.48. The van der Waals surface area contributed by atoms with Crippen molar-refractivity contribution in [2.75, 3.05) is 44.3 Å². The van der Waals surface area contributed by atoms with Crippen LogP contribution in [0.5, 0.6) is 0 Å². The summed E-state index contributed by atoms with van der Waals surface area (Å²) in [5, 5.41) is 0.571. The number of hydrogen-bond donors (Lipinski definition) is 1. The maximum atomic E-state index is 13.6. The molecule has 0 bridgehead atoms. The van der Waals surface area contributed by atoms with Crippen LogP contribution in [0, 0.1) is 11.7 Å². The predicted molar refractivity (Wildman–Crippen MR) is 119 cm³/mol. The average Bonchev–Trinajstić information content (AvgIpc) is 3.22. The highest BCUT2D eigenvalue weighted by Crippen LogP contribution is 2.33. The van der Waals surface area contributed by atoms with Gasteiger partial charge in [0.25, 0.3) is 0 Å². The zero-order chi connectivity index (χ0) is 21.4. The van der Waals surface area contributed by atoms with Crippen molar-refractivity contribution in [3.8, 4) is 11.4 Å². The molecule has 2 aliphatic heterocycles. The van der Waals surface area contributed by atoms with Gasteiger partial charge in [-0.2, -0.15) is 0 Å². The second-order valence-electron chi connectivity index (χ2n) is 8.13. The van der Waals surface area contributed by atoms with Gasteiger partial charge in [-0.25, -0.2) is 9.37 Å². The summed E-state index contributed by atoms with van der Waals surface area (Å²) < 4.78 is 18.9. The van der Waals surface area contributed by atoms with Crippen LogP contribution >= 0.6 is 11.6 Å². The Morgan fingerprint density at radius 1 is 1.16 bits per heavy atom. The van der Waals surface area contributed by atoms with Gasteiger partial charge in [0.1, 0.15) is 11.6 Å². The fourth-order valence-electron chi connectivity index (χ4n) is 4.46. The number of aromatic amines is 1. The maximum Gasteiger partial charge on any atom is 0.227 e. The van der Waals surface area contributed by atoms with Gasteiger partial charge in [-0.1, -0.05) is 11.6 Å². The lowest BCUT2D eigenvalue weighted by atomic mass is 9.95. The summed E-state index contributed by atoms with van der Waals surface area (Å²) in [6.45, 7) is 4.15. The zero-order valence-electron chi connectivity index (χ0n) is 17.1. The van der Waals surface area contributed by atoms with Gasteiger partial charge < -0.3 is 19.5 Å². The van der Waals surface area contributed by atoms with Crippen LogP contribution in [0.25, 0.3) is 22.4 Å². The molecule has 3 heterocycles. The number of H-pyrrole nitrogens is 1. The molecule has 3 aromatic rings. The number of benzene rings is 2. The first kappa shape index (κ1) is 20.3. The number of piperidine rings is 1. The highest BCUT2D eigenvalue weighted by atomic mass is 35.5. The van der Waals surface area contributed by atoms with E-state index in [4.69, 9.17) is 16.3 Å². The van der Waals surface area contributed by atoms with Crippen molar-refractivity contribution < 1.29 is 13.9 Å². The molecule has 8 heteroatoms. The minimum atomic E-state index is -0.313. The number of morpholine rings is 1.